The second-order valence-electron chi connectivity index (χ2n) is 6.64. The Morgan fingerprint density at radius 2 is 1.75 bits per heavy atom. The van der Waals surface area contributed by atoms with Crippen LogP contribution in [0.25, 0.3) is 0 Å². The summed E-state index contributed by atoms with van der Waals surface area (Å²) in [6.07, 6.45) is 0.726. The molecule has 28 heavy (non-hydrogen) atoms. The summed E-state index contributed by atoms with van der Waals surface area (Å²) >= 11 is 0. The van der Waals surface area contributed by atoms with Gasteiger partial charge in [0.1, 0.15) is 18.0 Å². The summed E-state index contributed by atoms with van der Waals surface area (Å²) in [6, 6.07) is 5.25. The van der Waals surface area contributed by atoms with Crippen molar-refractivity contribution in [2.75, 3.05) is 20.8 Å². The molecule has 0 unspecified atom stereocenters. The number of carboxylic acids is 1. The lowest BCUT2D eigenvalue weighted by Gasteiger charge is -2.21. The molecule has 1 aromatic heterocycles. The zero-order valence-corrected chi connectivity index (χ0v) is 17.0. The number of hydrogen-bond acceptors (Lipinski definition) is 5. The molecule has 0 saturated carbocycles. The van der Waals surface area contributed by atoms with Crippen molar-refractivity contribution >= 4 is 11.9 Å². The zero-order chi connectivity index (χ0) is 20.8. The molecule has 0 radical (unpaired) electrons. The number of benzene rings is 1. The molecular formula is C20H27N3O5. The predicted molar refractivity (Wildman–Crippen MR) is 104 cm³/mol. The van der Waals surface area contributed by atoms with Gasteiger partial charge in [0.25, 0.3) is 0 Å². The third-order valence-corrected chi connectivity index (χ3v) is 4.71. The number of hydrogen-bond donors (Lipinski definition) is 1. The number of methoxy groups -OCH3 is 2. The Balaban J connectivity index is 2.16. The largest absolute Gasteiger partial charge is 0.497 e. The van der Waals surface area contributed by atoms with Gasteiger partial charge in [-0.05, 0) is 43.5 Å². The number of ether oxygens (including phenoxy) is 2. The summed E-state index contributed by atoms with van der Waals surface area (Å²) in [6.45, 7) is 3.65. The van der Waals surface area contributed by atoms with Crippen LogP contribution in [0.15, 0.2) is 18.2 Å². The number of carbonyl (C=O) groups is 2. The van der Waals surface area contributed by atoms with Crippen LogP contribution in [0.3, 0.4) is 0 Å². The van der Waals surface area contributed by atoms with Crippen LogP contribution in [-0.4, -0.2) is 52.4 Å². The number of carboxylic acid groups (broad SMARTS) is 1. The van der Waals surface area contributed by atoms with E-state index in [1.54, 1.807) is 22.9 Å². The molecule has 8 heteroatoms. The Morgan fingerprint density at radius 3 is 2.21 bits per heavy atom. The summed E-state index contributed by atoms with van der Waals surface area (Å²) in [5.74, 6) is -0.124. The third-order valence-electron chi connectivity index (χ3n) is 4.71. The van der Waals surface area contributed by atoms with Crippen molar-refractivity contribution in [1.82, 2.24) is 14.7 Å². The number of aromatic nitrogens is 2. The first kappa shape index (κ1) is 21.3. The minimum absolute atomic E-state index is 0.156. The lowest BCUT2D eigenvalue weighted by atomic mass is 10.1. The molecule has 8 nitrogen and oxygen atoms in total. The van der Waals surface area contributed by atoms with E-state index in [4.69, 9.17) is 9.47 Å². The van der Waals surface area contributed by atoms with Crippen molar-refractivity contribution in [1.29, 1.82) is 0 Å². The van der Waals surface area contributed by atoms with E-state index >= 15 is 0 Å². The smallest absolute Gasteiger partial charge is 0.323 e. The Bertz CT molecular complexity index is 838. The monoisotopic (exact) mass is 389 g/mol. The molecule has 0 saturated heterocycles. The van der Waals surface area contributed by atoms with Crippen LogP contribution in [0, 0.1) is 13.8 Å². The van der Waals surface area contributed by atoms with E-state index in [1.807, 2.05) is 20.9 Å². The van der Waals surface area contributed by atoms with E-state index in [2.05, 4.69) is 5.10 Å². The van der Waals surface area contributed by atoms with Crippen LogP contribution < -0.4 is 9.47 Å². The van der Waals surface area contributed by atoms with Gasteiger partial charge in [0.2, 0.25) is 5.91 Å². The fourth-order valence-corrected chi connectivity index (χ4v) is 3.14. The molecule has 152 valence electrons. The molecule has 0 fully saturated rings. The summed E-state index contributed by atoms with van der Waals surface area (Å²) < 4.78 is 12.3. The number of aliphatic carboxylic acids is 1. The van der Waals surface area contributed by atoms with E-state index in [1.165, 1.54) is 19.1 Å². The highest BCUT2D eigenvalue weighted by molar-refractivity contribution is 5.81. The molecule has 1 N–H and O–H groups in total. The molecule has 0 aliphatic heterocycles. The average molecular weight is 389 g/mol. The van der Waals surface area contributed by atoms with Gasteiger partial charge in [-0.1, -0.05) is 0 Å². The van der Waals surface area contributed by atoms with Crippen LogP contribution >= 0.6 is 0 Å². The molecule has 2 rings (SSSR count). The first-order valence-electron chi connectivity index (χ1n) is 8.95. The summed E-state index contributed by atoms with van der Waals surface area (Å²) in [4.78, 5) is 25.4. The van der Waals surface area contributed by atoms with Crippen molar-refractivity contribution in [3.8, 4) is 11.5 Å². The fourth-order valence-electron chi connectivity index (χ4n) is 3.14. The molecule has 1 amide bonds. The summed E-state index contributed by atoms with van der Waals surface area (Å²) in [5, 5.41) is 13.6. The minimum atomic E-state index is -1.06. The van der Waals surface area contributed by atoms with Gasteiger partial charge in [0, 0.05) is 31.8 Å². The maximum absolute atomic E-state index is 12.8. The molecule has 2 aromatic rings. The summed E-state index contributed by atoms with van der Waals surface area (Å²) in [7, 11) is 4.94. The molecule has 0 aliphatic rings. The van der Waals surface area contributed by atoms with Gasteiger partial charge in [-0.15, -0.1) is 0 Å². The fraction of sp³-hybridized carbons (Fsp3) is 0.450. The highest BCUT2D eigenvalue weighted by Crippen LogP contribution is 2.24. The van der Waals surface area contributed by atoms with E-state index in [-0.39, 0.29) is 25.4 Å². The van der Waals surface area contributed by atoms with Crippen LogP contribution in [0.5, 0.6) is 11.5 Å². The highest BCUT2D eigenvalue weighted by atomic mass is 16.5. The topological polar surface area (TPSA) is 93.9 Å². The number of carbonyl (C=O) groups excluding carboxylic acids is 1. The van der Waals surface area contributed by atoms with Crippen molar-refractivity contribution in [3.63, 3.8) is 0 Å². The molecule has 0 atom stereocenters. The van der Waals surface area contributed by atoms with Crippen LogP contribution in [0.2, 0.25) is 0 Å². The molecular weight excluding hydrogens is 362 g/mol. The number of amides is 1. The average Bonchev–Trinajstić information content (AvgIpc) is 2.90. The molecule has 1 aromatic carbocycles. The van der Waals surface area contributed by atoms with Gasteiger partial charge in [-0.2, -0.15) is 5.10 Å². The van der Waals surface area contributed by atoms with Crippen LogP contribution in [0.4, 0.5) is 0 Å². The van der Waals surface area contributed by atoms with Gasteiger partial charge in [0.15, 0.2) is 0 Å². The normalized spacial score (nSPS) is 10.6. The van der Waals surface area contributed by atoms with Crippen molar-refractivity contribution < 1.29 is 24.2 Å². The number of aryl methyl sites for hydroxylation is 2. The molecule has 0 aliphatic carbocycles. The van der Waals surface area contributed by atoms with Gasteiger partial charge in [0.05, 0.1) is 19.9 Å². The van der Waals surface area contributed by atoms with Crippen molar-refractivity contribution in [3.05, 3.63) is 40.7 Å². The Morgan fingerprint density at radius 1 is 1.14 bits per heavy atom. The van der Waals surface area contributed by atoms with E-state index in [9.17, 15) is 14.7 Å². The van der Waals surface area contributed by atoms with Crippen molar-refractivity contribution in [2.45, 2.75) is 33.2 Å². The van der Waals surface area contributed by atoms with Gasteiger partial charge < -0.3 is 19.5 Å². The maximum atomic E-state index is 12.8. The van der Waals surface area contributed by atoms with E-state index in [0.29, 0.717) is 17.9 Å². The molecule has 1 heterocycles. The number of nitrogens with zero attached hydrogens (tertiary/aromatic N) is 3. The Labute approximate surface area is 164 Å². The van der Waals surface area contributed by atoms with Gasteiger partial charge >= 0.3 is 5.97 Å². The predicted octanol–water partition coefficient (Wildman–Crippen LogP) is 2.10. The first-order valence-corrected chi connectivity index (χ1v) is 8.95. The second-order valence-corrected chi connectivity index (χ2v) is 6.64. The van der Waals surface area contributed by atoms with Crippen LogP contribution in [-0.2, 0) is 29.6 Å². The first-order chi connectivity index (χ1) is 13.2. The third kappa shape index (κ3) is 5.25. The minimum Gasteiger partial charge on any atom is -0.497 e. The zero-order valence-electron chi connectivity index (χ0n) is 17.0. The van der Waals surface area contributed by atoms with Crippen LogP contribution in [0.1, 0.15) is 28.9 Å². The van der Waals surface area contributed by atoms with Crippen molar-refractivity contribution in [2.24, 2.45) is 7.05 Å². The second kappa shape index (κ2) is 9.25. The van der Waals surface area contributed by atoms with E-state index < -0.39 is 5.97 Å². The Kier molecular flexibility index (Phi) is 7.03. The SMILES string of the molecule is COc1cc(CN(CC(=O)O)C(=O)CCc2c(C)nn(C)c2C)cc(OC)c1. The quantitative estimate of drug-likeness (QED) is 0.706. The molecule has 0 spiro atoms. The van der Waals surface area contributed by atoms with Gasteiger partial charge in [-0.3, -0.25) is 14.3 Å². The molecule has 0 bridgehead atoms. The lowest BCUT2D eigenvalue weighted by Crippen LogP contribution is -2.35. The summed E-state index contributed by atoms with van der Waals surface area (Å²) in [5.41, 5.74) is 3.65. The number of rotatable bonds is 9. The standard InChI is InChI=1S/C20H27N3O5/c1-13-18(14(2)22(3)21-13)6-7-19(24)23(12-20(25)26)11-15-8-16(27-4)10-17(9-15)28-5/h8-10H,6-7,11-12H2,1-5H3,(H,25,26). The lowest BCUT2D eigenvalue weighted by molar-refractivity contribution is -0.144. The van der Waals surface area contributed by atoms with E-state index in [0.717, 1.165) is 22.5 Å². The van der Waals surface area contributed by atoms with Gasteiger partial charge in [-0.25, -0.2) is 0 Å². The Hall–Kier alpha value is -3.03. The maximum Gasteiger partial charge on any atom is 0.323 e. The highest BCUT2D eigenvalue weighted by Gasteiger charge is 2.19.